The van der Waals surface area contributed by atoms with Gasteiger partial charge in [-0.25, -0.2) is 15.0 Å². The number of rotatable bonds is 4. The van der Waals surface area contributed by atoms with Crippen LogP contribution in [0, 0.1) is 0 Å². The highest BCUT2D eigenvalue weighted by molar-refractivity contribution is 5.94. The first-order valence-corrected chi connectivity index (χ1v) is 8.90. The first-order valence-electron chi connectivity index (χ1n) is 8.90. The molecular formula is C19H21N5O2. The molecule has 1 amide bonds. The molecule has 2 aromatic heterocycles. The molecule has 26 heavy (non-hydrogen) atoms. The number of ether oxygens (including phenoxy) is 1. The van der Waals surface area contributed by atoms with Crippen LogP contribution in [-0.4, -0.2) is 45.5 Å². The molecule has 2 aliphatic rings. The third-order valence-electron chi connectivity index (χ3n) is 4.60. The van der Waals surface area contributed by atoms with E-state index in [0.29, 0.717) is 37.2 Å². The number of hydrogen-bond acceptors (Lipinski definition) is 6. The molecule has 1 N–H and O–H groups in total. The van der Waals surface area contributed by atoms with Gasteiger partial charge in [-0.05, 0) is 37.5 Å². The third-order valence-corrected chi connectivity index (χ3v) is 4.60. The van der Waals surface area contributed by atoms with E-state index >= 15 is 0 Å². The lowest BCUT2D eigenvalue weighted by molar-refractivity contribution is -0.136. The lowest BCUT2D eigenvalue weighted by Gasteiger charge is -2.35. The molecule has 0 radical (unpaired) electrons. The number of amides is 1. The Labute approximate surface area is 152 Å². The van der Waals surface area contributed by atoms with Crippen molar-refractivity contribution in [2.75, 3.05) is 25.1 Å². The van der Waals surface area contributed by atoms with Crippen LogP contribution in [0.2, 0.25) is 0 Å². The number of hydrogen-bond donors (Lipinski definition) is 1. The average molecular weight is 351 g/mol. The monoisotopic (exact) mass is 351 g/mol. The molecule has 7 nitrogen and oxygen atoms in total. The summed E-state index contributed by atoms with van der Waals surface area (Å²) in [4.78, 5) is 28.0. The molecule has 0 bridgehead atoms. The number of morpholine rings is 1. The van der Waals surface area contributed by atoms with Crippen LogP contribution in [0.4, 0.5) is 11.6 Å². The van der Waals surface area contributed by atoms with Crippen molar-refractivity contribution < 1.29 is 9.53 Å². The van der Waals surface area contributed by atoms with Crippen LogP contribution in [0.3, 0.4) is 0 Å². The standard InChI is InChI=1S/C19H21N5O2/c25-19(14-5-1-2-6-14)24-11-12-26-13-15(24)18-21-10-8-17(23-18)22-16-7-3-4-9-20-16/h3-5,7-10,15H,1-2,6,11-13H2,(H,20,21,22,23). The Hall–Kier alpha value is -2.80. The highest BCUT2D eigenvalue weighted by Gasteiger charge is 2.32. The minimum Gasteiger partial charge on any atom is -0.377 e. The van der Waals surface area contributed by atoms with E-state index in [1.54, 1.807) is 18.5 Å². The lowest BCUT2D eigenvalue weighted by atomic mass is 10.1. The summed E-state index contributed by atoms with van der Waals surface area (Å²) in [6, 6.07) is 7.14. The maximum atomic E-state index is 12.9. The SMILES string of the molecule is O=C(C1=CCCC1)N1CCOCC1c1nccc(Nc2ccccn2)n1. The summed E-state index contributed by atoms with van der Waals surface area (Å²) in [5, 5.41) is 3.16. The summed E-state index contributed by atoms with van der Waals surface area (Å²) in [6.07, 6.45) is 8.35. The lowest BCUT2D eigenvalue weighted by Crippen LogP contribution is -2.44. The molecule has 3 heterocycles. The van der Waals surface area contributed by atoms with Crippen molar-refractivity contribution in [3.8, 4) is 0 Å². The number of nitrogens with zero attached hydrogens (tertiary/aromatic N) is 4. The molecule has 1 saturated heterocycles. The molecule has 7 heteroatoms. The van der Waals surface area contributed by atoms with Gasteiger partial charge in [-0.2, -0.15) is 0 Å². The number of anilines is 2. The Balaban J connectivity index is 1.56. The van der Waals surface area contributed by atoms with E-state index in [1.165, 1.54) is 0 Å². The summed E-state index contributed by atoms with van der Waals surface area (Å²) in [7, 11) is 0. The van der Waals surface area contributed by atoms with E-state index in [9.17, 15) is 4.79 Å². The van der Waals surface area contributed by atoms with Gasteiger partial charge in [0.25, 0.3) is 0 Å². The van der Waals surface area contributed by atoms with Crippen LogP contribution in [-0.2, 0) is 9.53 Å². The molecule has 1 atom stereocenters. The van der Waals surface area contributed by atoms with Gasteiger partial charge in [0.05, 0.1) is 13.2 Å². The fourth-order valence-electron chi connectivity index (χ4n) is 3.28. The van der Waals surface area contributed by atoms with Crippen molar-refractivity contribution in [2.24, 2.45) is 0 Å². The van der Waals surface area contributed by atoms with Crippen molar-refractivity contribution in [1.82, 2.24) is 19.9 Å². The molecule has 0 aromatic carbocycles. The number of nitrogens with one attached hydrogen (secondary N) is 1. The maximum Gasteiger partial charge on any atom is 0.250 e. The second-order valence-corrected chi connectivity index (χ2v) is 6.35. The van der Waals surface area contributed by atoms with E-state index in [1.807, 2.05) is 23.1 Å². The van der Waals surface area contributed by atoms with Gasteiger partial charge in [-0.1, -0.05) is 12.1 Å². The van der Waals surface area contributed by atoms with Gasteiger partial charge in [0, 0.05) is 24.5 Å². The molecule has 0 saturated carbocycles. The first kappa shape index (κ1) is 16.7. The number of carbonyl (C=O) groups excluding carboxylic acids is 1. The zero-order chi connectivity index (χ0) is 17.8. The molecule has 4 rings (SSSR count). The fraction of sp³-hybridized carbons (Fsp3) is 0.368. The number of carbonyl (C=O) groups is 1. The largest absolute Gasteiger partial charge is 0.377 e. The van der Waals surface area contributed by atoms with E-state index in [2.05, 4.69) is 26.3 Å². The Morgan fingerprint density at radius 1 is 1.19 bits per heavy atom. The molecule has 134 valence electrons. The summed E-state index contributed by atoms with van der Waals surface area (Å²) < 4.78 is 5.61. The van der Waals surface area contributed by atoms with Crippen LogP contribution >= 0.6 is 0 Å². The Kier molecular flexibility index (Phi) is 4.88. The molecular weight excluding hydrogens is 330 g/mol. The van der Waals surface area contributed by atoms with Gasteiger partial charge >= 0.3 is 0 Å². The van der Waals surface area contributed by atoms with Crippen molar-refractivity contribution in [1.29, 1.82) is 0 Å². The number of pyridine rings is 1. The number of allylic oxidation sites excluding steroid dienone is 1. The second kappa shape index (κ2) is 7.61. The predicted molar refractivity (Wildman–Crippen MR) is 96.8 cm³/mol. The Morgan fingerprint density at radius 3 is 2.96 bits per heavy atom. The highest BCUT2D eigenvalue weighted by Crippen LogP contribution is 2.27. The molecule has 1 aliphatic heterocycles. The molecule has 1 fully saturated rings. The molecule has 0 spiro atoms. The Bertz CT molecular complexity index is 809. The summed E-state index contributed by atoms with van der Waals surface area (Å²) >= 11 is 0. The average Bonchev–Trinajstić information content (AvgIpc) is 3.23. The summed E-state index contributed by atoms with van der Waals surface area (Å²) in [5.74, 6) is 2.02. The highest BCUT2D eigenvalue weighted by atomic mass is 16.5. The van der Waals surface area contributed by atoms with E-state index < -0.39 is 0 Å². The van der Waals surface area contributed by atoms with Gasteiger partial charge < -0.3 is 15.0 Å². The summed E-state index contributed by atoms with van der Waals surface area (Å²) in [6.45, 7) is 1.51. The van der Waals surface area contributed by atoms with Crippen molar-refractivity contribution in [2.45, 2.75) is 25.3 Å². The zero-order valence-corrected chi connectivity index (χ0v) is 14.5. The van der Waals surface area contributed by atoms with Gasteiger partial charge in [-0.15, -0.1) is 0 Å². The van der Waals surface area contributed by atoms with E-state index in [-0.39, 0.29) is 11.9 Å². The fourth-order valence-corrected chi connectivity index (χ4v) is 3.28. The van der Waals surface area contributed by atoms with E-state index in [0.717, 1.165) is 24.8 Å². The van der Waals surface area contributed by atoms with Crippen LogP contribution in [0.15, 0.2) is 48.3 Å². The van der Waals surface area contributed by atoms with Crippen LogP contribution < -0.4 is 5.32 Å². The molecule has 2 aromatic rings. The van der Waals surface area contributed by atoms with Gasteiger partial charge in [-0.3, -0.25) is 4.79 Å². The normalized spacial score (nSPS) is 19.9. The quantitative estimate of drug-likeness (QED) is 0.912. The van der Waals surface area contributed by atoms with Gasteiger partial charge in [0.15, 0.2) is 5.82 Å². The van der Waals surface area contributed by atoms with Crippen LogP contribution in [0.25, 0.3) is 0 Å². The van der Waals surface area contributed by atoms with Gasteiger partial charge in [0.2, 0.25) is 5.91 Å². The smallest absolute Gasteiger partial charge is 0.250 e. The zero-order valence-electron chi connectivity index (χ0n) is 14.5. The minimum absolute atomic E-state index is 0.0856. The topological polar surface area (TPSA) is 80.2 Å². The van der Waals surface area contributed by atoms with E-state index in [4.69, 9.17) is 4.74 Å². The Morgan fingerprint density at radius 2 is 2.15 bits per heavy atom. The maximum absolute atomic E-state index is 12.9. The van der Waals surface area contributed by atoms with Crippen molar-refractivity contribution >= 4 is 17.5 Å². The molecule has 1 unspecified atom stereocenters. The first-order chi connectivity index (χ1) is 12.8. The van der Waals surface area contributed by atoms with Crippen molar-refractivity contribution in [3.63, 3.8) is 0 Å². The van der Waals surface area contributed by atoms with Crippen LogP contribution in [0.5, 0.6) is 0 Å². The van der Waals surface area contributed by atoms with Gasteiger partial charge in [0.1, 0.15) is 17.7 Å². The summed E-state index contributed by atoms with van der Waals surface area (Å²) in [5.41, 5.74) is 0.902. The third kappa shape index (κ3) is 3.57. The molecule has 1 aliphatic carbocycles. The second-order valence-electron chi connectivity index (χ2n) is 6.35. The van der Waals surface area contributed by atoms with Crippen molar-refractivity contribution in [3.05, 3.63) is 54.1 Å². The predicted octanol–water partition coefficient (Wildman–Crippen LogP) is 2.63. The number of aromatic nitrogens is 3. The minimum atomic E-state index is -0.275. The van der Waals surface area contributed by atoms with Crippen LogP contribution in [0.1, 0.15) is 31.1 Å².